The maximum atomic E-state index is 11.8. The number of nitrogens with zero attached hydrogens (tertiary/aromatic N) is 1. The Balaban J connectivity index is 2.37. The van der Waals surface area contributed by atoms with Crippen LogP contribution >= 0.6 is 0 Å². The van der Waals surface area contributed by atoms with E-state index in [0.29, 0.717) is 0 Å². The second-order valence-corrected chi connectivity index (χ2v) is 4.89. The number of urea groups is 1. The van der Waals surface area contributed by atoms with Crippen LogP contribution < -0.4 is 10.6 Å². The van der Waals surface area contributed by atoms with Crippen molar-refractivity contribution in [2.45, 2.75) is 52.1 Å². The van der Waals surface area contributed by atoms with Crippen LogP contribution in [0.3, 0.4) is 0 Å². The van der Waals surface area contributed by atoms with Gasteiger partial charge in [0.15, 0.2) is 0 Å². The van der Waals surface area contributed by atoms with Crippen LogP contribution in [0.25, 0.3) is 0 Å². The van der Waals surface area contributed by atoms with Gasteiger partial charge >= 0.3 is 6.03 Å². The largest absolute Gasteiger partial charge is 0.336 e. The highest BCUT2D eigenvalue weighted by Crippen LogP contribution is 2.11. The van der Waals surface area contributed by atoms with Gasteiger partial charge in [0, 0.05) is 6.04 Å². The predicted octanol–water partition coefficient (Wildman–Crippen LogP) is 1.09. The summed E-state index contributed by atoms with van der Waals surface area (Å²) in [4.78, 5) is 25.3. The lowest BCUT2D eigenvalue weighted by atomic mass is 10.1. The number of nitrogens with one attached hydrogen (secondary N) is 2. The van der Waals surface area contributed by atoms with E-state index in [1.807, 2.05) is 20.8 Å². The lowest BCUT2D eigenvalue weighted by Gasteiger charge is -2.31. The molecule has 1 aliphatic heterocycles. The van der Waals surface area contributed by atoms with Gasteiger partial charge in [-0.25, -0.2) is 4.79 Å². The molecule has 3 amide bonds. The Morgan fingerprint density at radius 3 is 2.18 bits per heavy atom. The molecule has 0 radical (unpaired) electrons. The molecule has 0 bridgehead atoms. The van der Waals surface area contributed by atoms with E-state index in [9.17, 15) is 9.59 Å². The van der Waals surface area contributed by atoms with E-state index >= 15 is 0 Å². The van der Waals surface area contributed by atoms with Gasteiger partial charge in [-0.15, -0.1) is 0 Å². The summed E-state index contributed by atoms with van der Waals surface area (Å²) in [5.41, 5.74) is 0. The van der Waals surface area contributed by atoms with Gasteiger partial charge < -0.3 is 5.32 Å². The van der Waals surface area contributed by atoms with Crippen molar-refractivity contribution in [3.05, 3.63) is 0 Å². The number of piperidine rings is 1. The van der Waals surface area contributed by atoms with Gasteiger partial charge in [-0.1, -0.05) is 6.42 Å². The molecular formula is C12H23N3O2. The Morgan fingerprint density at radius 1 is 1.06 bits per heavy atom. The maximum Gasteiger partial charge on any atom is 0.321 e. The van der Waals surface area contributed by atoms with E-state index in [1.54, 1.807) is 0 Å². The average molecular weight is 241 g/mol. The number of hydrogen-bond donors (Lipinski definition) is 2. The van der Waals surface area contributed by atoms with Crippen LogP contribution in [0, 0.1) is 0 Å². The van der Waals surface area contributed by atoms with Crippen molar-refractivity contribution in [1.82, 2.24) is 15.5 Å². The number of imide groups is 1. The fourth-order valence-electron chi connectivity index (χ4n) is 1.99. The molecule has 0 spiro atoms. The molecule has 17 heavy (non-hydrogen) atoms. The molecule has 0 aromatic heterocycles. The standard InChI is InChI=1S/C12H23N3O2/c1-9(2)13-12(17)14-11(16)10(3)15-7-5-4-6-8-15/h9-10H,4-8H2,1-3H3,(H2,13,14,16,17)/t10-/m1/s1. The highest BCUT2D eigenvalue weighted by molar-refractivity contribution is 5.96. The molecule has 1 saturated heterocycles. The summed E-state index contributed by atoms with van der Waals surface area (Å²) in [6.45, 7) is 7.46. The van der Waals surface area contributed by atoms with Gasteiger partial charge in [0.05, 0.1) is 6.04 Å². The normalized spacial score (nSPS) is 18.8. The second-order valence-electron chi connectivity index (χ2n) is 4.89. The summed E-state index contributed by atoms with van der Waals surface area (Å²) in [6.07, 6.45) is 3.50. The first-order valence-corrected chi connectivity index (χ1v) is 6.36. The minimum atomic E-state index is -0.408. The Hall–Kier alpha value is -1.10. The number of likely N-dealkylation sites (tertiary alicyclic amines) is 1. The molecule has 0 saturated carbocycles. The van der Waals surface area contributed by atoms with Crippen molar-refractivity contribution in [3.8, 4) is 0 Å². The molecule has 98 valence electrons. The quantitative estimate of drug-likeness (QED) is 0.777. The van der Waals surface area contributed by atoms with E-state index in [2.05, 4.69) is 15.5 Å². The Bertz CT molecular complexity index is 273. The Labute approximate surface area is 103 Å². The van der Waals surface area contributed by atoms with Crippen LogP contribution in [-0.2, 0) is 4.79 Å². The molecule has 0 aromatic rings. The van der Waals surface area contributed by atoms with Crippen molar-refractivity contribution in [1.29, 1.82) is 0 Å². The first-order valence-electron chi connectivity index (χ1n) is 6.36. The van der Waals surface area contributed by atoms with Gasteiger partial charge in [-0.2, -0.15) is 0 Å². The van der Waals surface area contributed by atoms with Crippen molar-refractivity contribution >= 4 is 11.9 Å². The molecule has 0 aliphatic carbocycles. The lowest BCUT2D eigenvalue weighted by Crippen LogP contribution is -2.51. The summed E-state index contributed by atoms with van der Waals surface area (Å²) in [5, 5.41) is 5.02. The number of carbonyl (C=O) groups excluding carboxylic acids is 2. The fraction of sp³-hybridized carbons (Fsp3) is 0.833. The zero-order valence-corrected chi connectivity index (χ0v) is 11.0. The van der Waals surface area contributed by atoms with Crippen LogP contribution in [0.2, 0.25) is 0 Å². The van der Waals surface area contributed by atoms with Crippen molar-refractivity contribution in [2.24, 2.45) is 0 Å². The zero-order chi connectivity index (χ0) is 12.8. The Kier molecular flexibility index (Phi) is 5.41. The van der Waals surface area contributed by atoms with E-state index in [0.717, 1.165) is 25.9 Å². The zero-order valence-electron chi connectivity index (χ0n) is 11.0. The molecule has 5 heteroatoms. The van der Waals surface area contributed by atoms with E-state index < -0.39 is 6.03 Å². The van der Waals surface area contributed by atoms with Gasteiger partial charge in [-0.3, -0.25) is 15.0 Å². The van der Waals surface area contributed by atoms with E-state index in [4.69, 9.17) is 0 Å². The molecule has 5 nitrogen and oxygen atoms in total. The van der Waals surface area contributed by atoms with Gasteiger partial charge in [0.2, 0.25) is 5.91 Å². The highest BCUT2D eigenvalue weighted by atomic mass is 16.2. The summed E-state index contributed by atoms with van der Waals surface area (Å²) in [7, 11) is 0. The first-order chi connectivity index (χ1) is 8.00. The van der Waals surface area contributed by atoms with Crippen LogP contribution in [-0.4, -0.2) is 42.0 Å². The molecule has 0 aromatic carbocycles. The van der Waals surface area contributed by atoms with Crippen molar-refractivity contribution in [2.75, 3.05) is 13.1 Å². The highest BCUT2D eigenvalue weighted by Gasteiger charge is 2.23. The molecule has 1 heterocycles. The first kappa shape index (κ1) is 14.0. The number of amides is 3. The van der Waals surface area contributed by atoms with Crippen molar-refractivity contribution < 1.29 is 9.59 Å². The molecular weight excluding hydrogens is 218 g/mol. The minimum Gasteiger partial charge on any atom is -0.336 e. The van der Waals surface area contributed by atoms with Crippen LogP contribution in [0.4, 0.5) is 4.79 Å². The van der Waals surface area contributed by atoms with Crippen molar-refractivity contribution in [3.63, 3.8) is 0 Å². The fourth-order valence-corrected chi connectivity index (χ4v) is 1.99. The van der Waals surface area contributed by atoms with E-state index in [-0.39, 0.29) is 18.0 Å². The Morgan fingerprint density at radius 2 is 1.65 bits per heavy atom. The predicted molar refractivity (Wildman–Crippen MR) is 66.7 cm³/mol. The summed E-state index contributed by atoms with van der Waals surface area (Å²) < 4.78 is 0. The van der Waals surface area contributed by atoms with Crippen LogP contribution in [0.15, 0.2) is 0 Å². The minimum absolute atomic E-state index is 0.0353. The third-order valence-electron chi connectivity index (χ3n) is 2.97. The van der Waals surface area contributed by atoms with Gasteiger partial charge in [0.1, 0.15) is 0 Å². The number of carbonyl (C=O) groups is 2. The maximum absolute atomic E-state index is 11.8. The molecule has 1 atom stereocenters. The molecule has 0 unspecified atom stereocenters. The summed E-state index contributed by atoms with van der Waals surface area (Å²) in [6, 6.07) is -0.602. The third-order valence-corrected chi connectivity index (χ3v) is 2.97. The van der Waals surface area contributed by atoms with Gasteiger partial charge in [0.25, 0.3) is 0 Å². The topological polar surface area (TPSA) is 61.4 Å². The van der Waals surface area contributed by atoms with Crippen LogP contribution in [0.5, 0.6) is 0 Å². The van der Waals surface area contributed by atoms with E-state index in [1.165, 1.54) is 6.42 Å². The molecule has 1 rings (SSSR count). The smallest absolute Gasteiger partial charge is 0.321 e. The molecule has 2 N–H and O–H groups in total. The number of hydrogen-bond acceptors (Lipinski definition) is 3. The second kappa shape index (κ2) is 6.59. The van der Waals surface area contributed by atoms with Gasteiger partial charge in [-0.05, 0) is 46.7 Å². The molecule has 1 aliphatic rings. The summed E-state index contributed by atoms with van der Waals surface area (Å²) in [5.74, 6) is -0.218. The monoisotopic (exact) mass is 241 g/mol. The van der Waals surface area contributed by atoms with Crippen LogP contribution in [0.1, 0.15) is 40.0 Å². The third kappa shape index (κ3) is 4.73. The molecule has 1 fully saturated rings. The lowest BCUT2D eigenvalue weighted by molar-refractivity contribution is -0.125. The average Bonchev–Trinajstić information content (AvgIpc) is 2.28. The SMILES string of the molecule is CC(C)NC(=O)NC(=O)[C@@H](C)N1CCCCC1. The summed E-state index contributed by atoms with van der Waals surface area (Å²) >= 11 is 0. The number of rotatable bonds is 3.